The molecule has 4 heterocycles. The van der Waals surface area contributed by atoms with Crippen molar-refractivity contribution in [3.63, 3.8) is 0 Å². The van der Waals surface area contributed by atoms with E-state index in [0.717, 1.165) is 39.1 Å². The van der Waals surface area contributed by atoms with Gasteiger partial charge in [-0.2, -0.15) is 0 Å². The van der Waals surface area contributed by atoms with E-state index in [1.54, 1.807) is 17.4 Å². The van der Waals surface area contributed by atoms with E-state index < -0.39 is 0 Å². The number of carbonyl (C=O) groups excluding carboxylic acids is 1. The highest BCUT2D eigenvalue weighted by atomic mass is 32.1. The Morgan fingerprint density at radius 1 is 1.11 bits per heavy atom. The third-order valence-corrected chi connectivity index (χ3v) is 7.92. The molecule has 0 unspecified atom stereocenters. The van der Waals surface area contributed by atoms with E-state index in [1.165, 1.54) is 0 Å². The molecule has 0 spiro atoms. The summed E-state index contributed by atoms with van der Waals surface area (Å²) in [6, 6.07) is 15.3. The van der Waals surface area contributed by atoms with Gasteiger partial charge < -0.3 is 24.3 Å². The maximum atomic E-state index is 12.4. The van der Waals surface area contributed by atoms with E-state index in [9.17, 15) is 4.79 Å². The number of anilines is 2. The van der Waals surface area contributed by atoms with Gasteiger partial charge in [0.2, 0.25) is 5.88 Å². The molecule has 9 nitrogen and oxygen atoms in total. The zero-order valence-corrected chi connectivity index (χ0v) is 22.6. The largest absolute Gasteiger partial charge is 0.476 e. The van der Waals surface area contributed by atoms with Gasteiger partial charge in [0.15, 0.2) is 5.82 Å². The Morgan fingerprint density at radius 2 is 1.89 bits per heavy atom. The number of hydrogen-bond acceptors (Lipinski definition) is 7. The van der Waals surface area contributed by atoms with Crippen molar-refractivity contribution in [2.75, 3.05) is 24.3 Å². The Labute approximate surface area is 224 Å². The van der Waals surface area contributed by atoms with Crippen molar-refractivity contribution in [2.24, 2.45) is 0 Å². The number of benzene rings is 1. The molecule has 2 amide bonds. The lowest BCUT2D eigenvalue weighted by atomic mass is 9.93. The molecule has 1 saturated carbocycles. The number of nitrogens with one attached hydrogen (secondary N) is 3. The number of likely N-dealkylation sites (N-methyl/N-ethyl adjacent to an activating group) is 1. The Kier molecular flexibility index (Phi) is 5.88. The van der Waals surface area contributed by atoms with Crippen molar-refractivity contribution >= 4 is 44.1 Å². The first-order valence-corrected chi connectivity index (χ1v) is 13.4. The van der Waals surface area contributed by atoms with Crippen LogP contribution in [0.4, 0.5) is 16.3 Å². The number of amides is 2. The fourth-order valence-corrected chi connectivity index (χ4v) is 5.30. The summed E-state index contributed by atoms with van der Waals surface area (Å²) >= 11 is 1.64. The smallest absolute Gasteiger partial charge is 0.324 e. The predicted molar refractivity (Wildman–Crippen MR) is 150 cm³/mol. The van der Waals surface area contributed by atoms with Gasteiger partial charge in [-0.25, -0.2) is 9.78 Å². The first-order chi connectivity index (χ1) is 18.2. The molecule has 0 atom stereocenters. The number of fused-ring (bicyclic) bond motifs is 3. The number of rotatable bonds is 7. The van der Waals surface area contributed by atoms with Crippen LogP contribution < -0.4 is 20.7 Å². The molecule has 0 aliphatic heterocycles. The van der Waals surface area contributed by atoms with Crippen LogP contribution in [-0.2, 0) is 5.41 Å². The zero-order valence-electron chi connectivity index (χ0n) is 21.8. The molecule has 0 bridgehead atoms. The van der Waals surface area contributed by atoms with Gasteiger partial charge in [-0.1, -0.05) is 49.4 Å². The minimum atomic E-state index is -0.378. The number of carbonyl (C=O) groups is 1. The summed E-state index contributed by atoms with van der Waals surface area (Å²) in [5.41, 5.74) is 3.82. The van der Waals surface area contributed by atoms with Gasteiger partial charge >= 0.3 is 6.03 Å². The first-order valence-electron chi connectivity index (χ1n) is 12.6. The maximum Gasteiger partial charge on any atom is 0.324 e. The zero-order chi connectivity index (χ0) is 26.5. The third-order valence-electron chi connectivity index (χ3n) is 6.91. The van der Waals surface area contributed by atoms with Crippen molar-refractivity contribution in [2.45, 2.75) is 44.6 Å². The molecule has 38 heavy (non-hydrogen) atoms. The lowest BCUT2D eigenvalue weighted by Gasteiger charge is -2.14. The number of urea groups is 1. The van der Waals surface area contributed by atoms with E-state index in [1.807, 2.05) is 58.2 Å². The van der Waals surface area contributed by atoms with Crippen LogP contribution in [0.1, 0.15) is 39.4 Å². The van der Waals surface area contributed by atoms with Gasteiger partial charge in [0.1, 0.15) is 22.0 Å². The minimum Gasteiger partial charge on any atom is -0.476 e. The predicted octanol–water partition coefficient (Wildman–Crippen LogP) is 6.28. The average molecular weight is 531 g/mol. The molecule has 1 aromatic carbocycles. The van der Waals surface area contributed by atoms with Crippen molar-refractivity contribution < 1.29 is 14.1 Å². The van der Waals surface area contributed by atoms with Crippen LogP contribution in [0, 0.1) is 0 Å². The molecular formula is C28H30N6O3S. The summed E-state index contributed by atoms with van der Waals surface area (Å²) in [7, 11) is 1.98. The van der Waals surface area contributed by atoms with E-state index in [2.05, 4.69) is 43.8 Å². The lowest BCUT2D eigenvalue weighted by Crippen LogP contribution is -2.33. The summed E-state index contributed by atoms with van der Waals surface area (Å²) in [6.45, 7) is 6.71. The fraction of sp³-hybridized carbons (Fsp3) is 0.321. The highest BCUT2D eigenvalue weighted by Crippen LogP contribution is 2.36. The van der Waals surface area contributed by atoms with Crippen molar-refractivity contribution in [3.05, 3.63) is 60.5 Å². The molecule has 0 saturated heterocycles. The van der Waals surface area contributed by atoms with E-state index >= 15 is 0 Å². The lowest BCUT2D eigenvalue weighted by molar-refractivity contribution is 0.251. The molecule has 4 aromatic heterocycles. The molecule has 1 aliphatic carbocycles. The summed E-state index contributed by atoms with van der Waals surface area (Å²) in [5, 5.41) is 12.8. The number of nitrogens with zero attached hydrogens (tertiary/aromatic N) is 3. The van der Waals surface area contributed by atoms with Gasteiger partial charge in [-0.15, -0.1) is 0 Å². The summed E-state index contributed by atoms with van der Waals surface area (Å²) in [5.74, 6) is 1.75. The molecule has 196 valence electrons. The summed E-state index contributed by atoms with van der Waals surface area (Å²) < 4.78 is 13.4. The maximum absolute atomic E-state index is 12.4. The molecule has 10 heteroatoms. The topological polar surface area (TPSA) is 106 Å². The van der Waals surface area contributed by atoms with E-state index in [0.29, 0.717) is 29.8 Å². The molecular weight excluding hydrogens is 500 g/mol. The van der Waals surface area contributed by atoms with Crippen LogP contribution in [-0.4, -0.2) is 39.8 Å². The SMILES string of the molecule is CNC1(COc2ccc3c(n2)sc2cc(-c4ccc(NC(=O)Nc5cc(C(C)(C)C)on5)cc4)cn23)CC1. The summed E-state index contributed by atoms with van der Waals surface area (Å²) in [4.78, 5) is 19.2. The standard InChI is InChI=1S/C28H30N6O3S/c1-27(2,3)21-14-22(33-37-21)31-26(35)30-19-7-5-17(6-8-19)18-13-24-34(15-18)20-9-10-23(32-25(20)38-24)36-16-28(29-4)11-12-28/h5-10,13-15,29H,11-12,16H2,1-4H3,(H2,30,31,33,35). The molecule has 1 aliphatic rings. The van der Waals surface area contributed by atoms with Gasteiger partial charge in [-0.05, 0) is 49.7 Å². The second kappa shape index (κ2) is 9.14. The molecule has 0 radical (unpaired) electrons. The van der Waals surface area contributed by atoms with Crippen molar-refractivity contribution in [3.8, 4) is 17.0 Å². The Morgan fingerprint density at radius 3 is 2.58 bits per heavy atom. The minimum absolute atomic E-state index is 0.121. The van der Waals surface area contributed by atoms with Gasteiger partial charge in [0.05, 0.1) is 11.1 Å². The Hall–Kier alpha value is -3.89. The van der Waals surface area contributed by atoms with Crippen LogP contribution in [0.25, 0.3) is 26.3 Å². The normalized spacial score (nSPS) is 14.6. The number of aromatic nitrogens is 3. The monoisotopic (exact) mass is 530 g/mol. The van der Waals surface area contributed by atoms with Crippen LogP contribution >= 0.6 is 11.3 Å². The quantitative estimate of drug-likeness (QED) is 0.229. The number of thiazole rings is 1. The molecule has 5 aromatic rings. The second-order valence-electron chi connectivity index (χ2n) is 10.8. The average Bonchev–Trinajstić information content (AvgIpc) is 3.16. The number of ether oxygens (including phenoxy) is 1. The number of pyridine rings is 1. The van der Waals surface area contributed by atoms with Crippen LogP contribution in [0.15, 0.2) is 59.3 Å². The van der Waals surface area contributed by atoms with Crippen LogP contribution in [0.5, 0.6) is 5.88 Å². The first kappa shape index (κ1) is 24.4. The van der Waals surface area contributed by atoms with Gasteiger partial charge in [0.25, 0.3) is 0 Å². The third kappa shape index (κ3) is 4.84. The van der Waals surface area contributed by atoms with Crippen LogP contribution in [0.3, 0.4) is 0 Å². The van der Waals surface area contributed by atoms with E-state index in [-0.39, 0.29) is 17.0 Å². The molecule has 3 N–H and O–H groups in total. The van der Waals surface area contributed by atoms with E-state index in [4.69, 9.17) is 14.2 Å². The highest BCUT2D eigenvalue weighted by Gasteiger charge is 2.42. The Bertz CT molecular complexity index is 1620. The molecule has 1 fully saturated rings. The van der Waals surface area contributed by atoms with Crippen molar-refractivity contribution in [1.82, 2.24) is 19.9 Å². The number of hydrogen-bond donors (Lipinski definition) is 3. The van der Waals surface area contributed by atoms with Gasteiger partial charge in [0, 0.05) is 35.0 Å². The summed E-state index contributed by atoms with van der Waals surface area (Å²) in [6.07, 6.45) is 4.40. The molecule has 6 rings (SSSR count). The van der Waals surface area contributed by atoms with Crippen molar-refractivity contribution in [1.29, 1.82) is 0 Å². The van der Waals surface area contributed by atoms with Crippen LogP contribution in [0.2, 0.25) is 0 Å². The Balaban J connectivity index is 1.12. The second-order valence-corrected chi connectivity index (χ2v) is 11.8. The van der Waals surface area contributed by atoms with Gasteiger partial charge in [-0.3, -0.25) is 5.32 Å². The highest BCUT2D eigenvalue weighted by molar-refractivity contribution is 7.23. The fourth-order valence-electron chi connectivity index (χ4n) is 4.26.